The summed E-state index contributed by atoms with van der Waals surface area (Å²) in [4.78, 5) is 0. The van der Waals surface area contributed by atoms with E-state index in [0.717, 1.165) is 0 Å². The van der Waals surface area contributed by atoms with Gasteiger partial charge in [-0.1, -0.05) is 68.4 Å². The SMILES string of the molecule is CC1(C)C2=C(COC/C2=C\c2ccccc2)c2cc3ccccc3cc21. The van der Waals surface area contributed by atoms with Crippen LogP contribution < -0.4 is 0 Å². The molecule has 0 bridgehead atoms. The van der Waals surface area contributed by atoms with E-state index in [1.165, 1.54) is 44.2 Å². The third-order valence-electron chi connectivity index (χ3n) is 5.78. The van der Waals surface area contributed by atoms with Crippen molar-refractivity contribution in [3.8, 4) is 0 Å². The Kier molecular flexibility index (Phi) is 3.41. The molecule has 5 rings (SSSR count). The zero-order chi connectivity index (χ0) is 17.7. The van der Waals surface area contributed by atoms with Gasteiger partial charge in [0.1, 0.15) is 0 Å². The molecule has 2 aliphatic rings. The van der Waals surface area contributed by atoms with Crippen molar-refractivity contribution < 1.29 is 4.74 Å². The average molecular weight is 338 g/mol. The van der Waals surface area contributed by atoms with Crippen LogP contribution >= 0.6 is 0 Å². The van der Waals surface area contributed by atoms with E-state index >= 15 is 0 Å². The van der Waals surface area contributed by atoms with Crippen molar-refractivity contribution in [1.29, 1.82) is 0 Å². The lowest BCUT2D eigenvalue weighted by Gasteiger charge is -2.29. The maximum absolute atomic E-state index is 6.00. The molecule has 1 aliphatic heterocycles. The molecule has 1 heteroatoms. The molecule has 1 aliphatic carbocycles. The molecule has 0 fully saturated rings. The summed E-state index contributed by atoms with van der Waals surface area (Å²) in [5, 5.41) is 2.61. The largest absolute Gasteiger partial charge is 0.372 e. The van der Waals surface area contributed by atoms with Gasteiger partial charge in [-0.15, -0.1) is 0 Å². The summed E-state index contributed by atoms with van der Waals surface area (Å²) in [5.74, 6) is 0. The molecule has 1 heterocycles. The van der Waals surface area contributed by atoms with E-state index in [2.05, 4.69) is 86.7 Å². The first kappa shape index (κ1) is 15.6. The van der Waals surface area contributed by atoms with Crippen LogP contribution in [0.5, 0.6) is 0 Å². The second-order valence-corrected chi connectivity index (χ2v) is 7.80. The second-order valence-electron chi connectivity index (χ2n) is 7.80. The van der Waals surface area contributed by atoms with Crippen molar-refractivity contribution >= 4 is 22.4 Å². The predicted molar refractivity (Wildman–Crippen MR) is 109 cm³/mol. The van der Waals surface area contributed by atoms with Gasteiger partial charge < -0.3 is 4.74 Å². The van der Waals surface area contributed by atoms with Gasteiger partial charge in [-0.25, -0.2) is 0 Å². The van der Waals surface area contributed by atoms with Crippen molar-refractivity contribution in [2.24, 2.45) is 0 Å². The highest BCUT2D eigenvalue weighted by atomic mass is 16.5. The molecule has 0 saturated heterocycles. The van der Waals surface area contributed by atoms with Crippen LogP contribution in [-0.2, 0) is 10.2 Å². The minimum absolute atomic E-state index is 0.000901. The quantitative estimate of drug-likeness (QED) is 0.529. The molecule has 0 saturated carbocycles. The molecule has 3 aromatic carbocycles. The standard InChI is InChI=1S/C25H22O/c1-25(2)23-14-19-11-7-6-10-18(19)13-21(23)22-16-26-15-20(24(22)25)12-17-8-4-3-5-9-17/h3-14H,15-16H2,1-2H3/b20-12+. The average Bonchev–Trinajstić information content (AvgIpc) is 2.89. The highest BCUT2D eigenvalue weighted by Gasteiger charge is 2.41. The number of fused-ring (bicyclic) bond motifs is 3. The van der Waals surface area contributed by atoms with E-state index in [9.17, 15) is 0 Å². The normalized spacial score (nSPS) is 19.7. The van der Waals surface area contributed by atoms with Gasteiger partial charge in [0.25, 0.3) is 0 Å². The van der Waals surface area contributed by atoms with Gasteiger partial charge in [-0.05, 0) is 62.4 Å². The van der Waals surface area contributed by atoms with Gasteiger partial charge in [0.05, 0.1) is 13.2 Å². The maximum Gasteiger partial charge on any atom is 0.0730 e. The van der Waals surface area contributed by atoms with Gasteiger partial charge in [0.15, 0.2) is 0 Å². The Hall–Kier alpha value is -2.64. The smallest absolute Gasteiger partial charge is 0.0730 e. The summed E-state index contributed by atoms with van der Waals surface area (Å²) in [6.07, 6.45) is 2.29. The van der Waals surface area contributed by atoms with Crippen LogP contribution in [-0.4, -0.2) is 13.2 Å². The summed E-state index contributed by atoms with van der Waals surface area (Å²) in [7, 11) is 0. The van der Waals surface area contributed by atoms with Crippen molar-refractivity contribution in [3.05, 3.63) is 94.6 Å². The highest BCUT2D eigenvalue weighted by Crippen LogP contribution is 2.51. The fourth-order valence-electron chi connectivity index (χ4n) is 4.60. The number of hydrogen-bond acceptors (Lipinski definition) is 1. The second kappa shape index (κ2) is 5.69. The Bertz CT molecular complexity index is 1070. The Morgan fingerprint density at radius 1 is 0.846 bits per heavy atom. The van der Waals surface area contributed by atoms with Crippen LogP contribution in [0.3, 0.4) is 0 Å². The van der Waals surface area contributed by atoms with E-state index in [1.54, 1.807) is 0 Å². The van der Waals surface area contributed by atoms with Crippen molar-refractivity contribution in [2.75, 3.05) is 13.2 Å². The third kappa shape index (κ3) is 2.28. The van der Waals surface area contributed by atoms with E-state index in [0.29, 0.717) is 13.2 Å². The predicted octanol–water partition coefficient (Wildman–Crippen LogP) is 6.00. The molecule has 0 aromatic heterocycles. The summed E-state index contributed by atoms with van der Waals surface area (Å²) in [5.41, 5.74) is 8.15. The fourth-order valence-corrected chi connectivity index (χ4v) is 4.60. The zero-order valence-electron chi connectivity index (χ0n) is 15.3. The number of hydrogen-bond donors (Lipinski definition) is 0. The molecular formula is C25H22O. The van der Waals surface area contributed by atoms with E-state index in [1.807, 2.05) is 0 Å². The Balaban J connectivity index is 1.73. The number of ether oxygens (including phenoxy) is 1. The maximum atomic E-state index is 6.00. The van der Waals surface area contributed by atoms with E-state index < -0.39 is 0 Å². The molecule has 0 N–H and O–H groups in total. The van der Waals surface area contributed by atoms with Crippen LogP contribution in [0.2, 0.25) is 0 Å². The zero-order valence-corrected chi connectivity index (χ0v) is 15.3. The number of rotatable bonds is 1. The fraction of sp³-hybridized carbons (Fsp3) is 0.200. The van der Waals surface area contributed by atoms with Gasteiger partial charge >= 0.3 is 0 Å². The van der Waals surface area contributed by atoms with Crippen molar-refractivity contribution in [2.45, 2.75) is 19.3 Å². The van der Waals surface area contributed by atoms with Crippen molar-refractivity contribution in [3.63, 3.8) is 0 Å². The van der Waals surface area contributed by atoms with Gasteiger partial charge in [-0.2, -0.15) is 0 Å². The van der Waals surface area contributed by atoms with Crippen LogP contribution in [0.15, 0.2) is 77.9 Å². The van der Waals surface area contributed by atoms with Crippen LogP contribution in [0.1, 0.15) is 30.5 Å². The summed E-state index contributed by atoms with van der Waals surface area (Å²) in [6.45, 7) is 6.10. The Morgan fingerprint density at radius 3 is 2.31 bits per heavy atom. The lowest BCUT2D eigenvalue weighted by atomic mass is 9.77. The molecule has 128 valence electrons. The van der Waals surface area contributed by atoms with Crippen LogP contribution in [0, 0.1) is 0 Å². The van der Waals surface area contributed by atoms with Crippen LogP contribution in [0.25, 0.3) is 22.4 Å². The van der Waals surface area contributed by atoms with Crippen LogP contribution in [0.4, 0.5) is 0 Å². The first-order valence-electron chi connectivity index (χ1n) is 9.25. The topological polar surface area (TPSA) is 9.23 Å². The first-order chi connectivity index (χ1) is 12.6. The highest BCUT2D eigenvalue weighted by molar-refractivity contribution is 5.94. The summed E-state index contributed by atoms with van der Waals surface area (Å²) >= 11 is 0. The van der Waals surface area contributed by atoms with E-state index in [-0.39, 0.29) is 5.41 Å². The molecule has 0 amide bonds. The minimum atomic E-state index is -0.000901. The molecule has 0 radical (unpaired) electrons. The molecule has 1 nitrogen and oxygen atoms in total. The minimum Gasteiger partial charge on any atom is -0.372 e. The van der Waals surface area contributed by atoms with Gasteiger partial charge in [0, 0.05) is 5.41 Å². The molecule has 0 atom stereocenters. The first-order valence-corrected chi connectivity index (χ1v) is 9.25. The summed E-state index contributed by atoms with van der Waals surface area (Å²) in [6, 6.07) is 23.9. The Labute approximate surface area is 154 Å². The molecule has 26 heavy (non-hydrogen) atoms. The lowest BCUT2D eigenvalue weighted by molar-refractivity contribution is 0.186. The Morgan fingerprint density at radius 2 is 1.54 bits per heavy atom. The lowest BCUT2D eigenvalue weighted by Crippen LogP contribution is -2.23. The molecule has 3 aromatic rings. The number of benzene rings is 3. The molecule has 0 unspecified atom stereocenters. The van der Waals surface area contributed by atoms with Gasteiger partial charge in [0.2, 0.25) is 0 Å². The van der Waals surface area contributed by atoms with E-state index in [4.69, 9.17) is 4.74 Å². The van der Waals surface area contributed by atoms with Crippen molar-refractivity contribution in [1.82, 2.24) is 0 Å². The monoisotopic (exact) mass is 338 g/mol. The molecular weight excluding hydrogens is 316 g/mol. The molecule has 0 spiro atoms. The third-order valence-corrected chi connectivity index (χ3v) is 5.78. The van der Waals surface area contributed by atoms with Gasteiger partial charge in [-0.3, -0.25) is 0 Å². The summed E-state index contributed by atoms with van der Waals surface area (Å²) < 4.78 is 6.00.